The summed E-state index contributed by atoms with van der Waals surface area (Å²) < 4.78 is 5.48. The Labute approximate surface area is 122 Å². The summed E-state index contributed by atoms with van der Waals surface area (Å²) in [6.45, 7) is 13.0. The highest BCUT2D eigenvalue weighted by Crippen LogP contribution is 2.20. The number of piperazine rings is 1. The molecule has 0 aliphatic carbocycles. The van der Waals surface area contributed by atoms with Crippen LogP contribution in [0.1, 0.15) is 33.6 Å². The fourth-order valence-corrected chi connectivity index (χ4v) is 2.97. The maximum absolute atomic E-state index is 12.1. The minimum Gasteiger partial charge on any atom is -0.444 e. The SMILES string of the molecule is CC(C)(C)OC(=O)N1CCC[C@@H](CN2CCNCC2)C1. The van der Waals surface area contributed by atoms with Crippen molar-refractivity contribution in [3.8, 4) is 0 Å². The van der Waals surface area contributed by atoms with Gasteiger partial charge in [-0.1, -0.05) is 0 Å². The van der Waals surface area contributed by atoms with Gasteiger partial charge in [0.1, 0.15) is 5.60 Å². The average Bonchev–Trinajstić information content (AvgIpc) is 2.38. The second kappa shape index (κ2) is 6.76. The molecular formula is C15H29N3O2. The standard InChI is InChI=1S/C15H29N3O2/c1-15(2,3)20-14(19)18-8-4-5-13(12-18)11-17-9-6-16-7-10-17/h13,16H,4-12H2,1-3H3/t13-/m0/s1. The van der Waals surface area contributed by atoms with E-state index >= 15 is 0 Å². The predicted molar refractivity (Wildman–Crippen MR) is 79.8 cm³/mol. The largest absolute Gasteiger partial charge is 0.444 e. The number of rotatable bonds is 2. The van der Waals surface area contributed by atoms with Crippen LogP contribution < -0.4 is 5.32 Å². The third-order valence-corrected chi connectivity index (χ3v) is 3.90. The minimum absolute atomic E-state index is 0.150. The second-order valence-corrected chi connectivity index (χ2v) is 6.99. The van der Waals surface area contributed by atoms with Crippen LogP contribution in [0, 0.1) is 5.92 Å². The molecule has 2 fully saturated rings. The van der Waals surface area contributed by atoms with E-state index < -0.39 is 5.60 Å². The van der Waals surface area contributed by atoms with Gasteiger partial charge in [0, 0.05) is 45.8 Å². The van der Waals surface area contributed by atoms with Gasteiger partial charge in [-0.2, -0.15) is 0 Å². The number of hydrogen-bond acceptors (Lipinski definition) is 4. The number of likely N-dealkylation sites (tertiary alicyclic amines) is 1. The van der Waals surface area contributed by atoms with E-state index in [1.165, 1.54) is 6.42 Å². The highest BCUT2D eigenvalue weighted by Gasteiger charge is 2.28. The lowest BCUT2D eigenvalue weighted by molar-refractivity contribution is 0.0142. The molecule has 1 N–H and O–H groups in total. The number of nitrogens with one attached hydrogen (secondary N) is 1. The lowest BCUT2D eigenvalue weighted by Gasteiger charge is -2.37. The van der Waals surface area contributed by atoms with Crippen molar-refractivity contribution in [3.05, 3.63) is 0 Å². The number of ether oxygens (including phenoxy) is 1. The van der Waals surface area contributed by atoms with Crippen molar-refractivity contribution < 1.29 is 9.53 Å². The molecule has 0 spiro atoms. The fourth-order valence-electron chi connectivity index (χ4n) is 2.97. The zero-order valence-electron chi connectivity index (χ0n) is 13.2. The van der Waals surface area contributed by atoms with Crippen LogP contribution in [0.15, 0.2) is 0 Å². The molecule has 116 valence electrons. The Kier molecular flexibility index (Phi) is 5.27. The zero-order chi connectivity index (χ0) is 14.6. The summed E-state index contributed by atoms with van der Waals surface area (Å²) in [6, 6.07) is 0. The van der Waals surface area contributed by atoms with Gasteiger partial charge in [-0.25, -0.2) is 4.79 Å². The Bertz CT molecular complexity index is 322. The van der Waals surface area contributed by atoms with Gasteiger partial charge < -0.3 is 19.9 Å². The lowest BCUT2D eigenvalue weighted by Crippen LogP contribution is -2.49. The Morgan fingerprint density at radius 2 is 1.95 bits per heavy atom. The minimum atomic E-state index is -0.400. The van der Waals surface area contributed by atoms with E-state index in [2.05, 4.69) is 10.2 Å². The van der Waals surface area contributed by atoms with Crippen LogP contribution in [0.4, 0.5) is 4.79 Å². The van der Waals surface area contributed by atoms with E-state index in [0.29, 0.717) is 5.92 Å². The number of carbonyl (C=O) groups is 1. The lowest BCUT2D eigenvalue weighted by atomic mass is 9.97. The van der Waals surface area contributed by atoms with Crippen LogP contribution in [0.2, 0.25) is 0 Å². The Morgan fingerprint density at radius 3 is 2.60 bits per heavy atom. The van der Waals surface area contributed by atoms with E-state index in [9.17, 15) is 4.79 Å². The fraction of sp³-hybridized carbons (Fsp3) is 0.933. The van der Waals surface area contributed by atoms with E-state index in [0.717, 1.165) is 52.2 Å². The quantitative estimate of drug-likeness (QED) is 0.835. The molecule has 2 aliphatic rings. The molecule has 1 amide bonds. The monoisotopic (exact) mass is 283 g/mol. The summed E-state index contributed by atoms with van der Waals surface area (Å²) in [5.74, 6) is 0.592. The van der Waals surface area contributed by atoms with Gasteiger partial charge in [-0.05, 0) is 39.5 Å². The maximum Gasteiger partial charge on any atom is 0.410 e. The Balaban J connectivity index is 1.80. The highest BCUT2D eigenvalue weighted by atomic mass is 16.6. The van der Waals surface area contributed by atoms with Crippen LogP contribution in [0.5, 0.6) is 0 Å². The van der Waals surface area contributed by atoms with E-state index in [1.54, 1.807) is 0 Å². The van der Waals surface area contributed by atoms with Gasteiger partial charge in [0.05, 0.1) is 0 Å². The molecule has 0 aromatic rings. The third kappa shape index (κ3) is 4.94. The van der Waals surface area contributed by atoms with Gasteiger partial charge in [0.2, 0.25) is 0 Å². The summed E-state index contributed by atoms with van der Waals surface area (Å²) in [5, 5.41) is 3.38. The first-order valence-electron chi connectivity index (χ1n) is 7.85. The van der Waals surface area contributed by atoms with Crippen molar-refractivity contribution in [2.24, 2.45) is 5.92 Å². The topological polar surface area (TPSA) is 44.8 Å². The molecule has 2 saturated heterocycles. The van der Waals surface area contributed by atoms with Gasteiger partial charge in [0.15, 0.2) is 0 Å². The maximum atomic E-state index is 12.1. The highest BCUT2D eigenvalue weighted by molar-refractivity contribution is 5.68. The first kappa shape index (κ1) is 15.6. The molecule has 2 aliphatic heterocycles. The number of carbonyl (C=O) groups excluding carboxylic acids is 1. The number of piperidine rings is 1. The van der Waals surface area contributed by atoms with Crippen molar-refractivity contribution in [1.82, 2.24) is 15.1 Å². The van der Waals surface area contributed by atoms with Crippen molar-refractivity contribution >= 4 is 6.09 Å². The first-order chi connectivity index (χ1) is 9.44. The normalized spacial score (nSPS) is 25.6. The predicted octanol–water partition coefficient (Wildman–Crippen LogP) is 1.54. The summed E-state index contributed by atoms with van der Waals surface area (Å²) in [4.78, 5) is 16.5. The van der Waals surface area contributed by atoms with Gasteiger partial charge in [-0.15, -0.1) is 0 Å². The molecule has 0 unspecified atom stereocenters. The van der Waals surface area contributed by atoms with Crippen molar-refractivity contribution in [1.29, 1.82) is 0 Å². The molecule has 20 heavy (non-hydrogen) atoms. The van der Waals surface area contributed by atoms with Crippen molar-refractivity contribution in [3.63, 3.8) is 0 Å². The van der Waals surface area contributed by atoms with Crippen LogP contribution in [0.3, 0.4) is 0 Å². The van der Waals surface area contributed by atoms with E-state index in [-0.39, 0.29) is 6.09 Å². The van der Waals surface area contributed by atoms with Crippen LogP contribution in [-0.4, -0.2) is 67.3 Å². The summed E-state index contributed by atoms with van der Waals surface area (Å²) >= 11 is 0. The van der Waals surface area contributed by atoms with Gasteiger partial charge >= 0.3 is 6.09 Å². The van der Waals surface area contributed by atoms with E-state index in [4.69, 9.17) is 4.74 Å². The third-order valence-electron chi connectivity index (χ3n) is 3.90. The summed E-state index contributed by atoms with van der Waals surface area (Å²) in [6.07, 6.45) is 2.17. The van der Waals surface area contributed by atoms with E-state index in [1.807, 2.05) is 25.7 Å². The van der Waals surface area contributed by atoms with Crippen molar-refractivity contribution in [2.75, 3.05) is 45.8 Å². The Morgan fingerprint density at radius 1 is 1.25 bits per heavy atom. The average molecular weight is 283 g/mol. The molecule has 5 nitrogen and oxygen atoms in total. The summed E-state index contributed by atoms with van der Waals surface area (Å²) in [5.41, 5.74) is -0.400. The van der Waals surface area contributed by atoms with Crippen molar-refractivity contribution in [2.45, 2.75) is 39.2 Å². The second-order valence-electron chi connectivity index (χ2n) is 6.99. The zero-order valence-corrected chi connectivity index (χ0v) is 13.2. The molecule has 0 aromatic carbocycles. The smallest absolute Gasteiger partial charge is 0.410 e. The van der Waals surface area contributed by atoms with Crippen LogP contribution in [-0.2, 0) is 4.74 Å². The first-order valence-corrected chi connectivity index (χ1v) is 7.85. The van der Waals surface area contributed by atoms with Gasteiger partial charge in [0.25, 0.3) is 0 Å². The molecule has 0 aromatic heterocycles. The number of hydrogen-bond donors (Lipinski definition) is 1. The molecule has 0 radical (unpaired) electrons. The van der Waals surface area contributed by atoms with Gasteiger partial charge in [-0.3, -0.25) is 0 Å². The molecule has 2 rings (SSSR count). The molecule has 5 heteroatoms. The molecule has 1 atom stereocenters. The molecule has 0 saturated carbocycles. The molecule has 2 heterocycles. The molecular weight excluding hydrogens is 254 g/mol. The van der Waals surface area contributed by atoms with Crippen LogP contribution in [0.25, 0.3) is 0 Å². The summed E-state index contributed by atoms with van der Waals surface area (Å²) in [7, 11) is 0. The Hall–Kier alpha value is -0.810. The number of nitrogens with zero attached hydrogens (tertiary/aromatic N) is 2. The number of amides is 1. The van der Waals surface area contributed by atoms with Crippen LogP contribution >= 0.6 is 0 Å². The molecule has 0 bridgehead atoms.